The molecule has 0 saturated heterocycles. The van der Waals surface area contributed by atoms with Crippen molar-refractivity contribution in [3.05, 3.63) is 34.8 Å². The zero-order valence-corrected chi connectivity index (χ0v) is 8.27. The van der Waals surface area contributed by atoms with Crippen molar-refractivity contribution in [2.75, 3.05) is 5.73 Å². The first-order valence-electron chi connectivity index (χ1n) is 3.73. The van der Waals surface area contributed by atoms with Gasteiger partial charge in [-0.1, -0.05) is 17.7 Å². The van der Waals surface area contributed by atoms with Crippen LogP contribution in [-0.4, -0.2) is 4.98 Å². The quantitative estimate of drug-likeness (QED) is 0.786. The Morgan fingerprint density at radius 3 is 2.85 bits per heavy atom. The molecule has 0 radical (unpaired) electrons. The number of rotatable bonds is 1. The maximum atomic E-state index is 6.01. The fraction of sp³-hybridized carbons (Fsp3) is 0. The summed E-state index contributed by atoms with van der Waals surface area (Å²) in [6.07, 6.45) is 1.61. The standard InChI is InChI=1S/C9H7ClN2S/c10-6-3-4-12-9(11)8(6)7-2-1-5-13-7/h1-5H,(H2,11,12). The first-order valence-corrected chi connectivity index (χ1v) is 4.98. The molecule has 0 bridgehead atoms. The van der Waals surface area contributed by atoms with Crippen LogP contribution in [0.4, 0.5) is 5.82 Å². The number of anilines is 1. The van der Waals surface area contributed by atoms with Gasteiger partial charge < -0.3 is 5.73 Å². The summed E-state index contributed by atoms with van der Waals surface area (Å²) >= 11 is 7.61. The predicted molar refractivity (Wildman–Crippen MR) is 57.0 cm³/mol. The van der Waals surface area contributed by atoms with Gasteiger partial charge in [-0.15, -0.1) is 11.3 Å². The van der Waals surface area contributed by atoms with E-state index in [1.165, 1.54) is 0 Å². The van der Waals surface area contributed by atoms with Gasteiger partial charge in [-0.2, -0.15) is 0 Å². The van der Waals surface area contributed by atoms with Crippen LogP contribution < -0.4 is 5.73 Å². The van der Waals surface area contributed by atoms with Crippen molar-refractivity contribution in [3.63, 3.8) is 0 Å². The highest BCUT2D eigenvalue weighted by atomic mass is 35.5. The van der Waals surface area contributed by atoms with Crippen LogP contribution in [0.15, 0.2) is 29.8 Å². The maximum Gasteiger partial charge on any atom is 0.133 e. The number of hydrogen-bond acceptors (Lipinski definition) is 3. The van der Waals surface area contributed by atoms with E-state index in [4.69, 9.17) is 17.3 Å². The number of nitrogens with two attached hydrogens (primary N) is 1. The largest absolute Gasteiger partial charge is 0.383 e. The maximum absolute atomic E-state index is 6.01. The van der Waals surface area contributed by atoms with Crippen LogP contribution in [-0.2, 0) is 0 Å². The monoisotopic (exact) mass is 210 g/mol. The molecule has 66 valence electrons. The predicted octanol–water partition coefficient (Wildman–Crippen LogP) is 3.05. The number of halogens is 1. The second kappa shape index (κ2) is 3.36. The minimum Gasteiger partial charge on any atom is -0.383 e. The summed E-state index contributed by atoms with van der Waals surface area (Å²) in [5.41, 5.74) is 6.56. The number of hydrogen-bond donors (Lipinski definition) is 1. The van der Waals surface area contributed by atoms with Crippen molar-refractivity contribution < 1.29 is 0 Å². The fourth-order valence-electron chi connectivity index (χ4n) is 1.12. The zero-order valence-electron chi connectivity index (χ0n) is 6.70. The van der Waals surface area contributed by atoms with Crippen molar-refractivity contribution in [2.24, 2.45) is 0 Å². The SMILES string of the molecule is Nc1nccc(Cl)c1-c1cccs1. The molecule has 2 aromatic heterocycles. The van der Waals surface area contributed by atoms with Gasteiger partial charge in [0.2, 0.25) is 0 Å². The van der Waals surface area contributed by atoms with E-state index in [2.05, 4.69) is 4.98 Å². The summed E-state index contributed by atoms with van der Waals surface area (Å²) in [6.45, 7) is 0. The van der Waals surface area contributed by atoms with E-state index < -0.39 is 0 Å². The van der Waals surface area contributed by atoms with Gasteiger partial charge in [-0.05, 0) is 17.5 Å². The van der Waals surface area contributed by atoms with E-state index in [-0.39, 0.29) is 0 Å². The molecule has 2 N–H and O–H groups in total. The summed E-state index contributed by atoms with van der Waals surface area (Å²) in [7, 11) is 0. The lowest BCUT2D eigenvalue weighted by Gasteiger charge is -2.03. The first kappa shape index (κ1) is 8.53. The molecule has 0 unspecified atom stereocenters. The van der Waals surface area contributed by atoms with E-state index >= 15 is 0 Å². The molecule has 0 aromatic carbocycles. The van der Waals surface area contributed by atoms with Crippen molar-refractivity contribution in [1.82, 2.24) is 4.98 Å². The summed E-state index contributed by atoms with van der Waals surface area (Å²) in [5, 5.41) is 2.63. The third-order valence-corrected chi connectivity index (χ3v) is 2.90. The number of pyridine rings is 1. The normalized spacial score (nSPS) is 10.2. The van der Waals surface area contributed by atoms with Crippen LogP contribution in [0.5, 0.6) is 0 Å². The Kier molecular flexibility index (Phi) is 2.20. The van der Waals surface area contributed by atoms with Crippen molar-refractivity contribution in [1.29, 1.82) is 0 Å². The van der Waals surface area contributed by atoms with Gasteiger partial charge in [0, 0.05) is 11.1 Å². The Bertz CT molecular complexity index is 391. The minimum absolute atomic E-state index is 0.481. The molecule has 0 amide bonds. The molecule has 13 heavy (non-hydrogen) atoms. The molecule has 0 aliphatic rings. The van der Waals surface area contributed by atoms with Gasteiger partial charge in [0.25, 0.3) is 0 Å². The number of thiophene rings is 1. The highest BCUT2D eigenvalue weighted by molar-refractivity contribution is 7.13. The molecule has 2 aromatic rings. The minimum atomic E-state index is 0.481. The average Bonchev–Trinajstić information content (AvgIpc) is 2.57. The van der Waals surface area contributed by atoms with Crippen LogP contribution in [0.3, 0.4) is 0 Å². The highest BCUT2D eigenvalue weighted by Crippen LogP contribution is 2.34. The van der Waals surface area contributed by atoms with E-state index in [1.54, 1.807) is 23.6 Å². The molecule has 0 spiro atoms. The molecule has 0 fully saturated rings. The third kappa shape index (κ3) is 1.53. The van der Waals surface area contributed by atoms with Gasteiger partial charge >= 0.3 is 0 Å². The van der Waals surface area contributed by atoms with Crippen molar-refractivity contribution in [2.45, 2.75) is 0 Å². The molecule has 0 saturated carbocycles. The van der Waals surface area contributed by atoms with E-state index in [0.29, 0.717) is 10.8 Å². The molecule has 0 aliphatic carbocycles. The Labute approximate surface area is 85.0 Å². The average molecular weight is 211 g/mol. The van der Waals surface area contributed by atoms with Crippen LogP contribution >= 0.6 is 22.9 Å². The molecule has 0 atom stereocenters. The first-order chi connectivity index (χ1) is 6.29. The number of nitrogens with zero attached hydrogens (tertiary/aromatic N) is 1. The molecule has 2 rings (SSSR count). The van der Waals surface area contributed by atoms with Gasteiger partial charge in [-0.3, -0.25) is 0 Å². The van der Waals surface area contributed by atoms with E-state index in [9.17, 15) is 0 Å². The summed E-state index contributed by atoms with van der Waals surface area (Å²) in [6, 6.07) is 5.68. The second-order valence-electron chi connectivity index (χ2n) is 2.53. The van der Waals surface area contributed by atoms with E-state index in [0.717, 1.165) is 10.4 Å². The lowest BCUT2D eigenvalue weighted by molar-refractivity contribution is 1.34. The Balaban J connectivity index is 2.64. The van der Waals surface area contributed by atoms with Crippen LogP contribution in [0, 0.1) is 0 Å². The smallest absolute Gasteiger partial charge is 0.133 e. The molecular formula is C9H7ClN2S. The van der Waals surface area contributed by atoms with Crippen molar-refractivity contribution >= 4 is 28.8 Å². The highest BCUT2D eigenvalue weighted by Gasteiger charge is 2.08. The summed E-state index contributed by atoms with van der Waals surface area (Å²) < 4.78 is 0. The van der Waals surface area contributed by atoms with Crippen molar-refractivity contribution in [3.8, 4) is 10.4 Å². The zero-order chi connectivity index (χ0) is 9.26. The summed E-state index contributed by atoms with van der Waals surface area (Å²) in [4.78, 5) is 5.05. The lowest BCUT2D eigenvalue weighted by atomic mass is 10.2. The Hall–Kier alpha value is -1.06. The summed E-state index contributed by atoms with van der Waals surface area (Å²) in [5.74, 6) is 0.481. The van der Waals surface area contributed by atoms with E-state index in [1.807, 2.05) is 17.5 Å². The van der Waals surface area contributed by atoms with Gasteiger partial charge in [0.15, 0.2) is 0 Å². The molecule has 2 heterocycles. The Morgan fingerprint density at radius 1 is 1.38 bits per heavy atom. The lowest BCUT2D eigenvalue weighted by Crippen LogP contribution is -1.92. The van der Waals surface area contributed by atoms with Crippen LogP contribution in [0.2, 0.25) is 5.02 Å². The van der Waals surface area contributed by atoms with Crippen LogP contribution in [0.1, 0.15) is 0 Å². The van der Waals surface area contributed by atoms with Gasteiger partial charge in [0.1, 0.15) is 5.82 Å². The molecule has 0 aliphatic heterocycles. The third-order valence-electron chi connectivity index (χ3n) is 1.70. The van der Waals surface area contributed by atoms with Gasteiger partial charge in [-0.25, -0.2) is 4.98 Å². The molecular weight excluding hydrogens is 204 g/mol. The van der Waals surface area contributed by atoms with Gasteiger partial charge in [0.05, 0.1) is 10.6 Å². The number of aromatic nitrogens is 1. The Morgan fingerprint density at radius 2 is 2.23 bits per heavy atom. The topological polar surface area (TPSA) is 38.9 Å². The van der Waals surface area contributed by atoms with Crippen LogP contribution in [0.25, 0.3) is 10.4 Å². The molecule has 4 heteroatoms. The number of nitrogen functional groups attached to an aromatic ring is 1. The second-order valence-corrected chi connectivity index (χ2v) is 3.89. The molecule has 2 nitrogen and oxygen atoms in total. The fourth-order valence-corrected chi connectivity index (χ4v) is 2.22.